The molecule has 0 spiro atoms. The van der Waals surface area contributed by atoms with Crippen LogP contribution in [0.1, 0.15) is 5.56 Å². The SMILES string of the molecule is NCCc1csc2c(F)ccc(F)c12. The van der Waals surface area contributed by atoms with E-state index in [1.165, 1.54) is 11.3 Å². The monoisotopic (exact) mass is 213 g/mol. The van der Waals surface area contributed by atoms with Crippen molar-refractivity contribution in [3.8, 4) is 0 Å². The van der Waals surface area contributed by atoms with Crippen molar-refractivity contribution in [3.05, 3.63) is 34.7 Å². The summed E-state index contributed by atoms with van der Waals surface area (Å²) in [6.07, 6.45) is 0.584. The van der Waals surface area contributed by atoms with Gasteiger partial charge in [0.15, 0.2) is 0 Å². The molecule has 1 nitrogen and oxygen atoms in total. The van der Waals surface area contributed by atoms with E-state index in [1.807, 2.05) is 0 Å². The van der Waals surface area contributed by atoms with Crippen molar-refractivity contribution in [2.24, 2.45) is 5.73 Å². The molecule has 0 atom stereocenters. The summed E-state index contributed by atoms with van der Waals surface area (Å²) in [6.45, 7) is 0.446. The van der Waals surface area contributed by atoms with Gasteiger partial charge in [0.05, 0.1) is 4.70 Å². The predicted octanol–water partition coefficient (Wildman–Crippen LogP) is 2.68. The summed E-state index contributed by atoms with van der Waals surface area (Å²) in [6, 6.07) is 2.31. The van der Waals surface area contributed by atoms with Gasteiger partial charge in [-0.1, -0.05) is 0 Å². The second-order valence-electron chi connectivity index (χ2n) is 3.03. The first kappa shape index (κ1) is 9.55. The summed E-state index contributed by atoms with van der Waals surface area (Å²) in [4.78, 5) is 0. The molecule has 14 heavy (non-hydrogen) atoms. The minimum Gasteiger partial charge on any atom is -0.330 e. The molecule has 0 unspecified atom stereocenters. The fourth-order valence-corrected chi connectivity index (χ4v) is 2.50. The third-order valence-electron chi connectivity index (χ3n) is 2.11. The molecule has 1 heterocycles. The van der Waals surface area contributed by atoms with Crippen molar-refractivity contribution in [2.45, 2.75) is 6.42 Å². The van der Waals surface area contributed by atoms with Crippen molar-refractivity contribution >= 4 is 21.4 Å². The maximum atomic E-state index is 13.4. The summed E-state index contributed by atoms with van der Waals surface area (Å²) < 4.78 is 27.0. The van der Waals surface area contributed by atoms with Crippen molar-refractivity contribution < 1.29 is 8.78 Å². The van der Waals surface area contributed by atoms with E-state index in [2.05, 4.69) is 0 Å². The zero-order chi connectivity index (χ0) is 10.1. The van der Waals surface area contributed by atoms with Crippen LogP contribution in [0.5, 0.6) is 0 Å². The molecule has 2 N–H and O–H groups in total. The van der Waals surface area contributed by atoms with Crippen molar-refractivity contribution in [2.75, 3.05) is 6.54 Å². The average molecular weight is 213 g/mol. The van der Waals surface area contributed by atoms with Gasteiger partial charge in [-0.3, -0.25) is 0 Å². The standard InChI is InChI=1S/C10H9F2NS/c11-7-1-2-8(12)10-9(7)6(3-4-13)5-14-10/h1-2,5H,3-4,13H2. The van der Waals surface area contributed by atoms with Gasteiger partial charge in [0.1, 0.15) is 11.6 Å². The Bertz CT molecular complexity index is 464. The number of rotatable bonds is 2. The van der Waals surface area contributed by atoms with Crippen LogP contribution in [0.15, 0.2) is 17.5 Å². The zero-order valence-corrected chi connectivity index (χ0v) is 8.20. The molecule has 2 rings (SSSR count). The Morgan fingerprint density at radius 1 is 1.21 bits per heavy atom. The van der Waals surface area contributed by atoms with Gasteiger partial charge in [-0.2, -0.15) is 0 Å². The number of fused-ring (bicyclic) bond motifs is 1. The van der Waals surface area contributed by atoms with Crippen LogP contribution in [-0.2, 0) is 6.42 Å². The summed E-state index contributed by atoms with van der Waals surface area (Å²) in [5.41, 5.74) is 6.18. The fourth-order valence-electron chi connectivity index (χ4n) is 1.48. The molecule has 1 aromatic heterocycles. The minimum absolute atomic E-state index is 0.366. The predicted molar refractivity (Wildman–Crippen MR) is 54.5 cm³/mol. The Balaban J connectivity index is 2.70. The number of hydrogen-bond donors (Lipinski definition) is 1. The molecule has 0 saturated carbocycles. The van der Waals surface area contributed by atoms with Crippen LogP contribution in [0.3, 0.4) is 0 Å². The van der Waals surface area contributed by atoms with Gasteiger partial charge in [-0.05, 0) is 36.0 Å². The molecular formula is C10H9F2NS. The summed E-state index contributed by atoms with van der Waals surface area (Å²) in [5.74, 6) is -0.735. The van der Waals surface area contributed by atoms with E-state index in [9.17, 15) is 8.78 Å². The van der Waals surface area contributed by atoms with E-state index >= 15 is 0 Å². The molecule has 0 aliphatic heterocycles. The first-order chi connectivity index (χ1) is 6.74. The molecule has 2 aromatic rings. The molecule has 4 heteroatoms. The third kappa shape index (κ3) is 1.40. The smallest absolute Gasteiger partial charge is 0.141 e. The zero-order valence-electron chi connectivity index (χ0n) is 7.39. The molecule has 0 bridgehead atoms. The molecular weight excluding hydrogens is 204 g/mol. The maximum absolute atomic E-state index is 13.4. The molecule has 0 aliphatic carbocycles. The number of hydrogen-bond acceptors (Lipinski definition) is 2. The molecule has 0 amide bonds. The summed E-state index contributed by atoms with van der Waals surface area (Å²) in [5, 5.41) is 2.16. The van der Waals surface area contributed by atoms with E-state index in [4.69, 9.17) is 5.73 Å². The van der Waals surface area contributed by atoms with Gasteiger partial charge in [0.25, 0.3) is 0 Å². The van der Waals surface area contributed by atoms with Gasteiger partial charge >= 0.3 is 0 Å². The normalized spacial score (nSPS) is 11.1. The van der Waals surface area contributed by atoms with Crippen LogP contribution >= 0.6 is 11.3 Å². The lowest BCUT2D eigenvalue weighted by Crippen LogP contribution is -2.02. The lowest BCUT2D eigenvalue weighted by Gasteiger charge is -1.98. The summed E-state index contributed by atoms with van der Waals surface area (Å²) in [7, 11) is 0. The number of nitrogens with two attached hydrogens (primary N) is 1. The largest absolute Gasteiger partial charge is 0.330 e. The summed E-state index contributed by atoms with van der Waals surface area (Å²) >= 11 is 1.22. The molecule has 0 radical (unpaired) electrons. The van der Waals surface area contributed by atoms with Crippen molar-refractivity contribution in [3.63, 3.8) is 0 Å². The molecule has 0 fully saturated rings. The number of thiophene rings is 1. The Labute approximate surface area is 84.2 Å². The second-order valence-corrected chi connectivity index (χ2v) is 3.91. The van der Waals surface area contributed by atoms with Crippen LogP contribution in [-0.4, -0.2) is 6.54 Å². The van der Waals surface area contributed by atoms with E-state index in [0.717, 1.165) is 17.7 Å². The van der Waals surface area contributed by atoms with E-state index in [1.54, 1.807) is 5.38 Å². The average Bonchev–Trinajstić information content (AvgIpc) is 2.58. The Hall–Kier alpha value is -1.00. The quantitative estimate of drug-likeness (QED) is 0.815. The van der Waals surface area contributed by atoms with Crippen LogP contribution in [0.2, 0.25) is 0 Å². The lowest BCUT2D eigenvalue weighted by atomic mass is 10.1. The number of benzene rings is 1. The fraction of sp³-hybridized carbons (Fsp3) is 0.200. The number of halogens is 2. The van der Waals surface area contributed by atoms with E-state index in [0.29, 0.717) is 23.1 Å². The Kier molecular flexibility index (Phi) is 2.48. The van der Waals surface area contributed by atoms with Crippen LogP contribution in [0.25, 0.3) is 10.1 Å². The molecule has 0 saturated heterocycles. The molecule has 74 valence electrons. The molecule has 1 aromatic carbocycles. The van der Waals surface area contributed by atoms with Gasteiger partial charge in [-0.25, -0.2) is 8.78 Å². The highest BCUT2D eigenvalue weighted by atomic mass is 32.1. The first-order valence-electron chi connectivity index (χ1n) is 4.28. The van der Waals surface area contributed by atoms with Gasteiger partial charge < -0.3 is 5.73 Å². The van der Waals surface area contributed by atoms with Gasteiger partial charge in [0, 0.05) is 5.39 Å². The molecule has 0 aliphatic rings. The first-order valence-corrected chi connectivity index (χ1v) is 5.16. The second kappa shape index (κ2) is 3.63. The lowest BCUT2D eigenvalue weighted by molar-refractivity contribution is 0.618. The minimum atomic E-state index is -0.369. The van der Waals surface area contributed by atoms with Crippen molar-refractivity contribution in [1.82, 2.24) is 0 Å². The maximum Gasteiger partial charge on any atom is 0.141 e. The van der Waals surface area contributed by atoms with Crippen LogP contribution < -0.4 is 5.73 Å². The highest BCUT2D eigenvalue weighted by Crippen LogP contribution is 2.30. The van der Waals surface area contributed by atoms with Gasteiger partial charge in [0.2, 0.25) is 0 Å². The van der Waals surface area contributed by atoms with E-state index in [-0.39, 0.29) is 11.6 Å². The highest BCUT2D eigenvalue weighted by molar-refractivity contribution is 7.17. The topological polar surface area (TPSA) is 26.0 Å². The van der Waals surface area contributed by atoms with Crippen LogP contribution in [0.4, 0.5) is 8.78 Å². The highest BCUT2D eigenvalue weighted by Gasteiger charge is 2.11. The third-order valence-corrected chi connectivity index (χ3v) is 3.15. The van der Waals surface area contributed by atoms with Gasteiger partial charge in [-0.15, -0.1) is 11.3 Å². The Morgan fingerprint density at radius 3 is 2.64 bits per heavy atom. The van der Waals surface area contributed by atoms with E-state index < -0.39 is 0 Å². The van der Waals surface area contributed by atoms with Crippen molar-refractivity contribution in [1.29, 1.82) is 0 Å². The Morgan fingerprint density at radius 2 is 1.93 bits per heavy atom. The van der Waals surface area contributed by atoms with Crippen LogP contribution in [0, 0.1) is 11.6 Å².